The number of nitrogens with zero attached hydrogens (tertiary/aromatic N) is 8. The molecular formula is C43H45IN8O10S2. The number of ether oxygens (including phenoxy) is 4. The minimum atomic E-state index is -3.78. The lowest BCUT2D eigenvalue weighted by Crippen LogP contribution is -2.51. The van der Waals surface area contributed by atoms with Crippen LogP contribution in [0.2, 0.25) is 0 Å². The molecule has 6 aromatic rings. The number of aryl methyl sites for hydroxylation is 1. The fraction of sp³-hybridized carbons (Fsp3) is 0.349. The largest absolute Gasteiger partial charge is 0.441 e. The Balaban J connectivity index is 0.000000162. The molecule has 4 aliphatic rings. The van der Waals surface area contributed by atoms with Crippen molar-refractivity contribution in [3.8, 4) is 0 Å². The van der Waals surface area contributed by atoms with Gasteiger partial charge in [0.15, 0.2) is 23.5 Å². The van der Waals surface area contributed by atoms with Gasteiger partial charge in [-0.05, 0) is 78.0 Å². The molecule has 0 spiro atoms. The molecule has 0 atom stereocenters. The number of amides is 2. The molecule has 0 aliphatic carbocycles. The number of carbonyl (C=O) groups excluding carboxylic acids is 2. The van der Waals surface area contributed by atoms with Crippen molar-refractivity contribution in [2.24, 2.45) is 0 Å². The number of hydrogen-bond acceptors (Lipinski definition) is 14. The minimum absolute atomic E-state index is 0.144. The van der Waals surface area contributed by atoms with Crippen molar-refractivity contribution in [1.82, 2.24) is 27.7 Å². The van der Waals surface area contributed by atoms with Crippen LogP contribution in [-0.4, -0.2) is 148 Å². The van der Waals surface area contributed by atoms with Gasteiger partial charge in [0.05, 0.1) is 39.9 Å². The molecule has 0 radical (unpaired) electrons. The standard InChI is InChI=1S/C22H24N4O5S.C21H21IN4O5S/c1-16-13-19-20(24-9-11-25(12-10-24)22(27)31-17-14-30-15-17)7-8-23-21(19)26(16)32(28,29)18-5-3-2-4-6-18;22-19-12-17-18(24-8-10-25(11-9-24)21(27)31-15-13-30-14-15)6-7-23-20(17)26(19)32(28,29)16-4-2-1-3-5-16/h2-8,13,17H,9-12,14-15H2,1H3;1-7,12,15H,8-11,13-14H2. The van der Waals surface area contributed by atoms with Gasteiger partial charge in [0.1, 0.15) is 0 Å². The topological polar surface area (TPSA) is 188 Å². The number of benzene rings is 2. The molecule has 2 aromatic carbocycles. The van der Waals surface area contributed by atoms with E-state index in [0.29, 0.717) is 99.5 Å². The Morgan fingerprint density at radius 2 is 1.00 bits per heavy atom. The lowest BCUT2D eigenvalue weighted by atomic mass is 10.2. The van der Waals surface area contributed by atoms with Crippen molar-refractivity contribution in [3.05, 3.63) is 107 Å². The average Bonchev–Trinajstić information content (AvgIpc) is 3.83. The molecule has 18 nitrogen and oxygen atoms in total. The van der Waals surface area contributed by atoms with Gasteiger partial charge in [0.2, 0.25) is 0 Å². The van der Waals surface area contributed by atoms with E-state index in [0.717, 1.165) is 22.1 Å². The molecule has 10 rings (SSSR count). The van der Waals surface area contributed by atoms with Gasteiger partial charge in [-0.1, -0.05) is 36.4 Å². The van der Waals surface area contributed by atoms with Crippen LogP contribution in [0.3, 0.4) is 0 Å². The molecule has 4 fully saturated rings. The summed E-state index contributed by atoms with van der Waals surface area (Å²) in [7, 11) is -7.55. The molecule has 64 heavy (non-hydrogen) atoms. The predicted octanol–water partition coefficient (Wildman–Crippen LogP) is 4.77. The Morgan fingerprint density at radius 3 is 1.42 bits per heavy atom. The summed E-state index contributed by atoms with van der Waals surface area (Å²) in [5.41, 5.74) is 3.18. The van der Waals surface area contributed by atoms with Crippen molar-refractivity contribution in [1.29, 1.82) is 0 Å². The Hall–Kier alpha value is -5.49. The number of piperazine rings is 2. The van der Waals surface area contributed by atoms with Gasteiger partial charge < -0.3 is 38.5 Å². The van der Waals surface area contributed by atoms with Crippen molar-refractivity contribution in [2.75, 3.05) is 88.6 Å². The Kier molecular flexibility index (Phi) is 12.4. The van der Waals surface area contributed by atoms with Crippen molar-refractivity contribution in [2.45, 2.75) is 28.9 Å². The summed E-state index contributed by atoms with van der Waals surface area (Å²) in [6, 6.07) is 24.2. The van der Waals surface area contributed by atoms with E-state index < -0.39 is 20.0 Å². The molecule has 4 aliphatic heterocycles. The van der Waals surface area contributed by atoms with Crippen LogP contribution in [0.4, 0.5) is 21.0 Å². The molecule has 4 saturated heterocycles. The number of pyridine rings is 2. The average molecular weight is 1020 g/mol. The highest BCUT2D eigenvalue weighted by Crippen LogP contribution is 2.34. The fourth-order valence-corrected chi connectivity index (χ4v) is 12.2. The number of halogens is 1. The Bertz CT molecular complexity index is 2700. The van der Waals surface area contributed by atoms with Crippen LogP contribution in [0.1, 0.15) is 5.69 Å². The summed E-state index contributed by atoms with van der Waals surface area (Å²) in [5, 5.41) is 1.53. The molecule has 4 aromatic heterocycles. The SMILES string of the molecule is Cc1cc2c(N3CCN(C(=O)OC4COC4)CC3)ccnc2n1S(=O)(=O)c1ccccc1.O=C(OC1COC1)N1CCN(c2ccnc3c2cc(I)n3S(=O)(=O)c2ccccc2)CC1. The van der Waals surface area contributed by atoms with Gasteiger partial charge in [0, 0.05) is 92.6 Å². The van der Waals surface area contributed by atoms with E-state index in [9.17, 15) is 26.4 Å². The van der Waals surface area contributed by atoms with Crippen molar-refractivity contribution >= 4 is 88.3 Å². The maximum atomic E-state index is 13.3. The summed E-state index contributed by atoms with van der Waals surface area (Å²) >= 11 is 2.03. The van der Waals surface area contributed by atoms with E-state index in [1.807, 2.05) is 46.9 Å². The first-order chi connectivity index (χ1) is 30.9. The third kappa shape index (κ3) is 8.57. The second kappa shape index (κ2) is 18.2. The van der Waals surface area contributed by atoms with Crippen LogP contribution >= 0.6 is 22.6 Å². The van der Waals surface area contributed by atoms with Crippen LogP contribution in [-0.2, 0) is 39.0 Å². The Labute approximate surface area is 383 Å². The second-order valence-electron chi connectivity index (χ2n) is 15.6. The Morgan fingerprint density at radius 1 is 0.594 bits per heavy atom. The summed E-state index contributed by atoms with van der Waals surface area (Å²) in [6.07, 6.45) is 2.34. The molecule has 2 amide bonds. The highest BCUT2D eigenvalue weighted by atomic mass is 127. The highest BCUT2D eigenvalue weighted by molar-refractivity contribution is 14.1. The van der Waals surface area contributed by atoms with E-state index in [1.54, 1.807) is 89.8 Å². The van der Waals surface area contributed by atoms with E-state index >= 15 is 0 Å². The van der Waals surface area contributed by atoms with E-state index in [1.165, 1.54) is 7.94 Å². The molecule has 21 heteroatoms. The summed E-state index contributed by atoms with van der Waals surface area (Å²) in [4.78, 5) is 41.5. The van der Waals surface area contributed by atoms with Crippen LogP contribution in [0.15, 0.2) is 107 Å². The summed E-state index contributed by atoms with van der Waals surface area (Å²) in [5.74, 6) is 0. The first kappa shape index (κ1) is 43.7. The number of carbonyl (C=O) groups is 2. The van der Waals surface area contributed by atoms with Gasteiger partial charge >= 0.3 is 12.2 Å². The molecule has 336 valence electrons. The minimum Gasteiger partial charge on any atom is -0.441 e. The van der Waals surface area contributed by atoms with Crippen LogP contribution in [0, 0.1) is 10.6 Å². The van der Waals surface area contributed by atoms with Crippen LogP contribution < -0.4 is 9.80 Å². The first-order valence-corrected chi connectivity index (χ1v) is 24.7. The van der Waals surface area contributed by atoms with Crippen molar-refractivity contribution in [3.63, 3.8) is 0 Å². The van der Waals surface area contributed by atoms with E-state index in [2.05, 4.69) is 19.8 Å². The van der Waals surface area contributed by atoms with Gasteiger partial charge in [-0.25, -0.2) is 44.3 Å². The number of hydrogen-bond donors (Lipinski definition) is 0. The van der Waals surface area contributed by atoms with Crippen LogP contribution in [0.5, 0.6) is 0 Å². The van der Waals surface area contributed by atoms with E-state index in [-0.39, 0.29) is 34.2 Å². The second-order valence-corrected chi connectivity index (χ2v) is 20.3. The third-order valence-electron chi connectivity index (χ3n) is 11.5. The highest BCUT2D eigenvalue weighted by Gasteiger charge is 2.32. The number of anilines is 2. The summed E-state index contributed by atoms with van der Waals surface area (Å²) in [6.45, 7) is 8.17. The quantitative estimate of drug-likeness (QED) is 0.190. The van der Waals surface area contributed by atoms with Gasteiger partial charge in [-0.3, -0.25) is 0 Å². The van der Waals surface area contributed by atoms with Crippen molar-refractivity contribution < 1.29 is 45.4 Å². The molecular weight excluding hydrogens is 980 g/mol. The predicted molar refractivity (Wildman–Crippen MR) is 245 cm³/mol. The molecule has 0 bridgehead atoms. The normalized spacial score (nSPS) is 17.4. The molecule has 8 heterocycles. The number of fused-ring (bicyclic) bond motifs is 2. The van der Waals surface area contributed by atoms with Gasteiger partial charge in [0.25, 0.3) is 20.0 Å². The van der Waals surface area contributed by atoms with Crippen LogP contribution in [0.25, 0.3) is 22.1 Å². The third-order valence-corrected chi connectivity index (χ3v) is 16.1. The maximum absolute atomic E-state index is 13.3. The monoisotopic (exact) mass is 1020 g/mol. The smallest absolute Gasteiger partial charge is 0.410 e. The lowest BCUT2D eigenvalue weighted by Gasteiger charge is -2.37. The van der Waals surface area contributed by atoms with Gasteiger partial charge in [-0.2, -0.15) is 0 Å². The first-order valence-electron chi connectivity index (χ1n) is 20.7. The molecule has 0 saturated carbocycles. The maximum Gasteiger partial charge on any atom is 0.410 e. The van der Waals surface area contributed by atoms with Gasteiger partial charge in [-0.15, -0.1) is 0 Å². The van der Waals surface area contributed by atoms with E-state index in [4.69, 9.17) is 18.9 Å². The number of rotatable bonds is 8. The summed E-state index contributed by atoms with van der Waals surface area (Å²) < 4.78 is 77.2. The zero-order chi connectivity index (χ0) is 44.6. The fourth-order valence-electron chi connectivity index (χ4n) is 7.96. The zero-order valence-corrected chi connectivity index (χ0v) is 38.5. The molecule has 0 N–H and O–H groups in total. The zero-order valence-electron chi connectivity index (χ0n) is 34.7. The lowest BCUT2D eigenvalue weighted by molar-refractivity contribution is -0.105. The number of aromatic nitrogens is 4. The molecule has 0 unspecified atom stereocenters.